The fourth-order valence-corrected chi connectivity index (χ4v) is 3.44. The normalized spacial score (nSPS) is 15.6. The number of nitrogens with zero attached hydrogens (tertiary/aromatic N) is 3. The molecule has 1 fully saturated rings. The second-order valence-corrected chi connectivity index (χ2v) is 6.92. The number of nitrogens with one attached hydrogen (secondary N) is 2. The molecule has 3 heterocycles. The predicted molar refractivity (Wildman–Crippen MR) is 104 cm³/mol. The van der Waals surface area contributed by atoms with Crippen LogP contribution in [0.25, 0.3) is 11.3 Å². The number of aromatic amines is 1. The number of hydrogen-bond donors (Lipinski definition) is 2. The molecular weight excluding hydrogens is 338 g/mol. The Hall–Kier alpha value is -2.99. The van der Waals surface area contributed by atoms with Gasteiger partial charge < -0.3 is 5.32 Å². The molecule has 2 aromatic heterocycles. The molecule has 1 aromatic carbocycles. The molecule has 0 atom stereocenters. The third-order valence-electron chi connectivity index (χ3n) is 4.95. The third kappa shape index (κ3) is 4.41. The first-order valence-electron chi connectivity index (χ1n) is 9.31. The highest BCUT2D eigenvalue weighted by Gasteiger charge is 2.22. The van der Waals surface area contributed by atoms with Crippen LogP contribution in [0.5, 0.6) is 0 Å². The van der Waals surface area contributed by atoms with E-state index in [0.717, 1.165) is 43.7 Å². The summed E-state index contributed by atoms with van der Waals surface area (Å²) in [6.07, 6.45) is 5.37. The second kappa shape index (κ2) is 8.14. The average molecular weight is 361 g/mol. The molecule has 6 nitrogen and oxygen atoms in total. The zero-order chi connectivity index (χ0) is 18.5. The molecule has 0 saturated carbocycles. The van der Waals surface area contributed by atoms with Gasteiger partial charge in [0.2, 0.25) is 0 Å². The number of piperidine rings is 1. The molecule has 2 N–H and O–H groups in total. The standard InChI is InChI=1S/C21H23N5O/c27-21(20-13-19(24-25-20)17-7-4-10-22-14-17)23-18-8-11-26(12-9-18)15-16-5-2-1-3-6-16/h1-7,10,13-14,18H,8-9,11-12,15H2,(H,23,27)(H,24,25). The van der Waals surface area contributed by atoms with E-state index in [1.54, 1.807) is 18.5 Å². The van der Waals surface area contributed by atoms with Crippen molar-refractivity contribution < 1.29 is 4.79 Å². The van der Waals surface area contributed by atoms with Crippen LogP contribution in [0.1, 0.15) is 28.9 Å². The van der Waals surface area contributed by atoms with Gasteiger partial charge in [-0.2, -0.15) is 5.10 Å². The van der Waals surface area contributed by atoms with Gasteiger partial charge in [0.05, 0.1) is 5.69 Å². The van der Waals surface area contributed by atoms with E-state index < -0.39 is 0 Å². The Labute approximate surface area is 158 Å². The molecule has 0 radical (unpaired) electrons. The van der Waals surface area contributed by atoms with E-state index in [1.165, 1.54) is 5.56 Å². The minimum atomic E-state index is -0.0980. The molecule has 138 valence electrons. The van der Waals surface area contributed by atoms with Crippen molar-refractivity contribution >= 4 is 5.91 Å². The first kappa shape index (κ1) is 17.4. The van der Waals surface area contributed by atoms with Crippen molar-refractivity contribution in [2.24, 2.45) is 0 Å². The minimum Gasteiger partial charge on any atom is -0.348 e. The van der Waals surface area contributed by atoms with Crippen LogP contribution in [0.2, 0.25) is 0 Å². The molecule has 3 aromatic rings. The van der Waals surface area contributed by atoms with Crippen LogP contribution in [0.15, 0.2) is 60.9 Å². The molecule has 0 bridgehead atoms. The molecule has 1 aliphatic heterocycles. The summed E-state index contributed by atoms with van der Waals surface area (Å²) in [4.78, 5) is 19.0. The number of rotatable bonds is 5. The van der Waals surface area contributed by atoms with Crippen molar-refractivity contribution in [1.82, 2.24) is 25.4 Å². The van der Waals surface area contributed by atoms with Crippen molar-refractivity contribution in [1.29, 1.82) is 0 Å². The Morgan fingerprint density at radius 3 is 2.70 bits per heavy atom. The Morgan fingerprint density at radius 2 is 1.96 bits per heavy atom. The van der Waals surface area contributed by atoms with Crippen molar-refractivity contribution in [2.45, 2.75) is 25.4 Å². The van der Waals surface area contributed by atoms with Gasteiger partial charge >= 0.3 is 0 Å². The highest BCUT2D eigenvalue weighted by atomic mass is 16.2. The zero-order valence-electron chi connectivity index (χ0n) is 15.1. The van der Waals surface area contributed by atoms with Gasteiger partial charge in [-0.05, 0) is 36.6 Å². The summed E-state index contributed by atoms with van der Waals surface area (Å²) in [5.74, 6) is -0.0980. The summed E-state index contributed by atoms with van der Waals surface area (Å²) in [7, 11) is 0. The second-order valence-electron chi connectivity index (χ2n) is 6.92. The number of hydrogen-bond acceptors (Lipinski definition) is 4. The number of carbonyl (C=O) groups is 1. The first-order chi connectivity index (χ1) is 13.3. The van der Waals surface area contributed by atoms with Crippen LogP contribution in [0.3, 0.4) is 0 Å². The summed E-state index contributed by atoms with van der Waals surface area (Å²) < 4.78 is 0. The molecule has 1 amide bonds. The lowest BCUT2D eigenvalue weighted by molar-refractivity contribution is 0.0904. The number of H-pyrrole nitrogens is 1. The third-order valence-corrected chi connectivity index (χ3v) is 4.95. The van der Waals surface area contributed by atoms with Crippen molar-refractivity contribution in [2.75, 3.05) is 13.1 Å². The highest BCUT2D eigenvalue weighted by Crippen LogP contribution is 2.17. The predicted octanol–water partition coefficient (Wildman–Crippen LogP) is 2.87. The van der Waals surface area contributed by atoms with Crippen molar-refractivity contribution in [3.05, 3.63) is 72.2 Å². The summed E-state index contributed by atoms with van der Waals surface area (Å²) in [5, 5.41) is 10.2. The van der Waals surface area contributed by atoms with Crippen LogP contribution < -0.4 is 5.32 Å². The molecule has 0 aliphatic carbocycles. The number of amides is 1. The van der Waals surface area contributed by atoms with Gasteiger partial charge in [-0.1, -0.05) is 30.3 Å². The molecule has 0 spiro atoms. The Bertz CT molecular complexity index is 870. The summed E-state index contributed by atoms with van der Waals surface area (Å²) in [5.41, 5.74) is 3.44. The number of benzene rings is 1. The van der Waals surface area contributed by atoms with Gasteiger partial charge in [-0.15, -0.1) is 0 Å². The van der Waals surface area contributed by atoms with Crippen LogP contribution in [-0.4, -0.2) is 45.1 Å². The van der Waals surface area contributed by atoms with Crippen LogP contribution in [0, 0.1) is 0 Å². The molecule has 6 heteroatoms. The number of carbonyl (C=O) groups excluding carboxylic acids is 1. The zero-order valence-corrected chi connectivity index (χ0v) is 15.1. The van der Waals surface area contributed by atoms with Gasteiger partial charge in [0.25, 0.3) is 5.91 Å². The van der Waals surface area contributed by atoms with E-state index in [9.17, 15) is 4.79 Å². The summed E-state index contributed by atoms with van der Waals surface area (Å²) >= 11 is 0. The maximum Gasteiger partial charge on any atom is 0.269 e. The SMILES string of the molecule is O=C(NC1CCN(Cc2ccccc2)CC1)c1cc(-c2cccnc2)n[nH]1. The molecule has 1 saturated heterocycles. The van der Waals surface area contributed by atoms with Crippen LogP contribution in [0.4, 0.5) is 0 Å². The quantitative estimate of drug-likeness (QED) is 0.733. The number of aromatic nitrogens is 3. The lowest BCUT2D eigenvalue weighted by Crippen LogP contribution is -2.44. The summed E-state index contributed by atoms with van der Waals surface area (Å²) in [6, 6.07) is 16.3. The maximum absolute atomic E-state index is 12.5. The average Bonchev–Trinajstić information content (AvgIpc) is 3.21. The smallest absolute Gasteiger partial charge is 0.269 e. The Morgan fingerprint density at radius 1 is 1.15 bits per heavy atom. The molecule has 0 unspecified atom stereocenters. The lowest BCUT2D eigenvalue weighted by atomic mass is 10.0. The van der Waals surface area contributed by atoms with Crippen molar-refractivity contribution in [3.63, 3.8) is 0 Å². The van der Waals surface area contributed by atoms with Gasteiger partial charge in [-0.3, -0.25) is 19.8 Å². The largest absolute Gasteiger partial charge is 0.348 e. The number of pyridine rings is 1. The van der Waals surface area contributed by atoms with E-state index in [4.69, 9.17) is 0 Å². The van der Waals surface area contributed by atoms with Gasteiger partial charge in [0.15, 0.2) is 0 Å². The Kier molecular flexibility index (Phi) is 5.25. The van der Waals surface area contributed by atoms with E-state index in [1.807, 2.05) is 18.2 Å². The fraction of sp³-hybridized carbons (Fsp3) is 0.286. The van der Waals surface area contributed by atoms with Crippen LogP contribution >= 0.6 is 0 Å². The minimum absolute atomic E-state index is 0.0980. The fourth-order valence-electron chi connectivity index (χ4n) is 3.44. The highest BCUT2D eigenvalue weighted by molar-refractivity contribution is 5.93. The monoisotopic (exact) mass is 361 g/mol. The van der Waals surface area contributed by atoms with Crippen molar-refractivity contribution in [3.8, 4) is 11.3 Å². The topological polar surface area (TPSA) is 73.9 Å². The van der Waals surface area contributed by atoms with E-state index in [-0.39, 0.29) is 11.9 Å². The molecule has 4 rings (SSSR count). The van der Waals surface area contributed by atoms with E-state index >= 15 is 0 Å². The van der Waals surface area contributed by atoms with E-state index in [2.05, 4.69) is 49.7 Å². The number of likely N-dealkylation sites (tertiary alicyclic amines) is 1. The van der Waals surface area contributed by atoms with Gasteiger partial charge in [0.1, 0.15) is 5.69 Å². The Balaban J connectivity index is 1.29. The summed E-state index contributed by atoms with van der Waals surface area (Å²) in [6.45, 7) is 2.95. The van der Waals surface area contributed by atoms with E-state index in [0.29, 0.717) is 5.69 Å². The molecule has 27 heavy (non-hydrogen) atoms. The maximum atomic E-state index is 12.5. The first-order valence-corrected chi connectivity index (χ1v) is 9.31. The molecule has 1 aliphatic rings. The van der Waals surface area contributed by atoms with Crippen LogP contribution in [-0.2, 0) is 6.54 Å². The lowest BCUT2D eigenvalue weighted by Gasteiger charge is -2.32. The van der Waals surface area contributed by atoms with Gasteiger partial charge in [0, 0.05) is 43.6 Å². The van der Waals surface area contributed by atoms with Gasteiger partial charge in [-0.25, -0.2) is 0 Å². The molecular formula is C21H23N5O.